The predicted molar refractivity (Wildman–Crippen MR) is 115 cm³/mol. The molecule has 0 saturated heterocycles. The van der Waals surface area contributed by atoms with E-state index in [1.165, 1.54) is 0 Å². The lowest BCUT2D eigenvalue weighted by Crippen LogP contribution is -2.44. The lowest BCUT2D eigenvalue weighted by molar-refractivity contribution is -0.141. The lowest BCUT2D eigenvalue weighted by atomic mass is 9.92. The molecule has 1 amide bonds. The van der Waals surface area contributed by atoms with E-state index >= 15 is 0 Å². The van der Waals surface area contributed by atoms with Crippen molar-refractivity contribution in [2.45, 2.75) is 60.0 Å². The third kappa shape index (κ3) is 5.68. The smallest absolute Gasteiger partial charge is 0.256 e. The summed E-state index contributed by atoms with van der Waals surface area (Å²) in [5.74, 6) is 1.37. The Morgan fingerprint density at radius 2 is 1.93 bits per heavy atom. The van der Waals surface area contributed by atoms with Crippen LogP contribution in [0.5, 0.6) is 5.75 Å². The first kappa shape index (κ1) is 22.2. The Kier molecular flexibility index (Phi) is 7.81. The number of aromatic nitrogens is 1. The summed E-state index contributed by atoms with van der Waals surface area (Å²) in [7, 11) is 0. The van der Waals surface area contributed by atoms with Crippen LogP contribution in [0.1, 0.15) is 54.4 Å². The number of pyridine rings is 1. The number of hydrogen-bond donors (Lipinski definition) is 1. The molecule has 5 nitrogen and oxygen atoms in total. The van der Waals surface area contributed by atoms with E-state index in [9.17, 15) is 4.79 Å². The number of nitrogens with one attached hydrogen (secondary N) is 1. The summed E-state index contributed by atoms with van der Waals surface area (Å²) in [6, 6.07) is 7.57. The Morgan fingerprint density at radius 1 is 1.18 bits per heavy atom. The predicted octanol–water partition coefficient (Wildman–Crippen LogP) is 5.44. The van der Waals surface area contributed by atoms with Gasteiger partial charge in [-0.15, -0.1) is 0 Å². The van der Waals surface area contributed by atoms with E-state index < -0.39 is 5.60 Å². The first-order valence-corrected chi connectivity index (χ1v) is 10.2. The molecule has 2 rings (SSSR count). The zero-order valence-electron chi connectivity index (χ0n) is 18.0. The number of benzene rings is 1. The second-order valence-corrected chi connectivity index (χ2v) is 8.35. The van der Waals surface area contributed by atoms with E-state index in [0.717, 1.165) is 28.8 Å². The van der Waals surface area contributed by atoms with Crippen LogP contribution in [0, 0.1) is 11.8 Å². The Balaban J connectivity index is 2.31. The lowest BCUT2D eigenvalue weighted by Gasteiger charge is -2.30. The van der Waals surface area contributed by atoms with Gasteiger partial charge in [0.05, 0.1) is 12.3 Å². The van der Waals surface area contributed by atoms with E-state index in [0.29, 0.717) is 31.5 Å². The van der Waals surface area contributed by atoms with E-state index in [-0.39, 0.29) is 5.91 Å². The van der Waals surface area contributed by atoms with Gasteiger partial charge in [-0.25, -0.2) is 0 Å². The van der Waals surface area contributed by atoms with Crippen LogP contribution in [0.25, 0.3) is 10.9 Å². The maximum Gasteiger partial charge on any atom is 0.256 e. The van der Waals surface area contributed by atoms with Crippen molar-refractivity contribution in [1.82, 2.24) is 4.98 Å². The number of anilines is 1. The van der Waals surface area contributed by atoms with Crippen LogP contribution in [0.2, 0.25) is 0 Å². The highest BCUT2D eigenvalue weighted by molar-refractivity contribution is 6.05. The molecule has 5 heteroatoms. The van der Waals surface area contributed by atoms with E-state index in [2.05, 4.69) is 38.0 Å². The number of rotatable bonds is 10. The van der Waals surface area contributed by atoms with Gasteiger partial charge < -0.3 is 14.8 Å². The molecule has 2 aromatic rings. The molecule has 0 aliphatic carbocycles. The average molecular weight is 387 g/mol. The van der Waals surface area contributed by atoms with Crippen molar-refractivity contribution in [3.05, 3.63) is 30.5 Å². The van der Waals surface area contributed by atoms with Gasteiger partial charge in [0.2, 0.25) is 0 Å². The highest BCUT2D eigenvalue weighted by Crippen LogP contribution is 2.32. The monoisotopic (exact) mass is 386 g/mol. The average Bonchev–Trinajstić information content (AvgIpc) is 2.65. The molecule has 0 aliphatic rings. The molecule has 0 radical (unpaired) electrons. The van der Waals surface area contributed by atoms with Gasteiger partial charge in [-0.3, -0.25) is 9.78 Å². The van der Waals surface area contributed by atoms with E-state index in [4.69, 9.17) is 9.47 Å². The molecule has 1 aromatic heterocycles. The zero-order chi connectivity index (χ0) is 20.7. The van der Waals surface area contributed by atoms with Crippen molar-refractivity contribution in [1.29, 1.82) is 0 Å². The van der Waals surface area contributed by atoms with E-state index in [1.54, 1.807) is 6.20 Å². The fourth-order valence-electron chi connectivity index (χ4n) is 3.21. The number of carbonyl (C=O) groups excluding carboxylic acids is 1. The second kappa shape index (κ2) is 9.87. The minimum atomic E-state index is -0.870. The van der Waals surface area contributed by atoms with Crippen LogP contribution in [0.3, 0.4) is 0 Å². The van der Waals surface area contributed by atoms with Crippen molar-refractivity contribution in [3.8, 4) is 5.75 Å². The highest BCUT2D eigenvalue weighted by Gasteiger charge is 2.35. The van der Waals surface area contributed by atoms with E-state index in [1.807, 2.05) is 38.1 Å². The van der Waals surface area contributed by atoms with Gasteiger partial charge in [0.15, 0.2) is 0 Å². The molecule has 0 saturated carbocycles. The SMILES string of the molecule is CCCO[C@@](C)(CC(C)C)C(=O)Nc1ccc(OCC(C)C)c2ncccc12. The maximum absolute atomic E-state index is 13.1. The quantitative estimate of drug-likeness (QED) is 0.591. The number of hydrogen-bond acceptors (Lipinski definition) is 4. The molecule has 0 bridgehead atoms. The fourth-order valence-corrected chi connectivity index (χ4v) is 3.21. The molecular weight excluding hydrogens is 352 g/mol. The van der Waals surface area contributed by atoms with Gasteiger partial charge in [0, 0.05) is 18.2 Å². The summed E-state index contributed by atoms with van der Waals surface area (Å²) in [5, 5.41) is 3.93. The summed E-state index contributed by atoms with van der Waals surface area (Å²) in [6.45, 7) is 13.5. The van der Waals surface area contributed by atoms with Gasteiger partial charge >= 0.3 is 0 Å². The van der Waals surface area contributed by atoms with Crippen LogP contribution in [-0.2, 0) is 9.53 Å². The molecule has 154 valence electrons. The van der Waals surface area contributed by atoms with Crippen molar-refractivity contribution in [2.24, 2.45) is 11.8 Å². The minimum Gasteiger partial charge on any atom is -0.491 e. The van der Waals surface area contributed by atoms with Gasteiger partial charge in [-0.05, 0) is 55.9 Å². The molecule has 0 aliphatic heterocycles. The Labute approximate surface area is 168 Å². The first-order valence-electron chi connectivity index (χ1n) is 10.2. The Morgan fingerprint density at radius 3 is 2.57 bits per heavy atom. The summed E-state index contributed by atoms with van der Waals surface area (Å²) in [4.78, 5) is 17.6. The molecule has 0 unspecified atom stereocenters. The normalized spacial score (nSPS) is 13.7. The maximum atomic E-state index is 13.1. The van der Waals surface area contributed by atoms with Crippen molar-refractivity contribution in [2.75, 3.05) is 18.5 Å². The Hall–Kier alpha value is -2.14. The minimum absolute atomic E-state index is 0.129. The number of amides is 1. The van der Waals surface area contributed by atoms with Crippen molar-refractivity contribution < 1.29 is 14.3 Å². The number of fused-ring (bicyclic) bond motifs is 1. The topological polar surface area (TPSA) is 60.5 Å². The molecular formula is C23H34N2O3. The summed E-state index contributed by atoms with van der Waals surface area (Å²) >= 11 is 0. The molecule has 0 fully saturated rings. The molecule has 1 atom stereocenters. The summed E-state index contributed by atoms with van der Waals surface area (Å²) < 4.78 is 11.9. The number of carbonyl (C=O) groups is 1. The van der Waals surface area contributed by atoms with Gasteiger partial charge in [0.25, 0.3) is 5.91 Å². The van der Waals surface area contributed by atoms with Crippen LogP contribution >= 0.6 is 0 Å². The van der Waals surface area contributed by atoms with Gasteiger partial charge in [0.1, 0.15) is 16.9 Å². The molecule has 1 N–H and O–H groups in total. The van der Waals surface area contributed by atoms with Gasteiger partial charge in [-0.1, -0.05) is 34.6 Å². The number of ether oxygens (including phenoxy) is 2. The second-order valence-electron chi connectivity index (χ2n) is 8.35. The number of nitrogens with zero attached hydrogens (tertiary/aromatic N) is 1. The molecule has 1 heterocycles. The molecule has 28 heavy (non-hydrogen) atoms. The van der Waals surface area contributed by atoms with Gasteiger partial charge in [-0.2, -0.15) is 0 Å². The van der Waals surface area contributed by atoms with Crippen LogP contribution < -0.4 is 10.1 Å². The third-order valence-electron chi connectivity index (χ3n) is 4.46. The third-order valence-corrected chi connectivity index (χ3v) is 4.46. The van der Waals surface area contributed by atoms with Crippen LogP contribution in [0.4, 0.5) is 5.69 Å². The molecule has 0 spiro atoms. The zero-order valence-corrected chi connectivity index (χ0v) is 18.0. The molecule has 1 aromatic carbocycles. The Bertz CT molecular complexity index is 789. The summed E-state index contributed by atoms with van der Waals surface area (Å²) in [5.41, 5.74) is 0.604. The van der Waals surface area contributed by atoms with Crippen LogP contribution in [0.15, 0.2) is 30.5 Å². The fraction of sp³-hybridized carbons (Fsp3) is 0.565. The van der Waals surface area contributed by atoms with Crippen LogP contribution in [-0.4, -0.2) is 29.7 Å². The summed E-state index contributed by atoms with van der Waals surface area (Å²) in [6.07, 6.45) is 3.27. The standard InChI is InChI=1S/C23H34N2O3/c1-7-13-28-23(6,14-16(2)3)22(26)25-19-10-11-20(27-15-17(4)5)21-18(19)9-8-12-24-21/h8-12,16-17H,7,13-15H2,1-6H3,(H,25,26)/t23-/m0/s1. The first-order chi connectivity index (χ1) is 13.3. The van der Waals surface area contributed by atoms with Crippen molar-refractivity contribution in [3.63, 3.8) is 0 Å². The highest BCUT2D eigenvalue weighted by atomic mass is 16.5. The van der Waals surface area contributed by atoms with Crippen molar-refractivity contribution >= 4 is 22.5 Å². The largest absolute Gasteiger partial charge is 0.491 e.